The molecule has 1 fully saturated rings. The molecule has 1 heterocycles. The molecule has 3 rings (SSSR count). The molecule has 136 valence electrons. The van der Waals surface area contributed by atoms with Crippen molar-refractivity contribution in [3.63, 3.8) is 0 Å². The van der Waals surface area contributed by atoms with Crippen LogP contribution in [0.15, 0.2) is 54.6 Å². The summed E-state index contributed by atoms with van der Waals surface area (Å²) in [5.74, 6) is 0.0332. The van der Waals surface area contributed by atoms with E-state index in [1.165, 1.54) is 0 Å². The zero-order valence-corrected chi connectivity index (χ0v) is 15.7. The summed E-state index contributed by atoms with van der Waals surface area (Å²) in [4.78, 5) is 29.2. The summed E-state index contributed by atoms with van der Waals surface area (Å²) < 4.78 is 0. The molecule has 2 aromatic carbocycles. The number of halogens is 1. The van der Waals surface area contributed by atoms with Gasteiger partial charge in [-0.3, -0.25) is 9.59 Å². The van der Waals surface area contributed by atoms with Gasteiger partial charge in [0.05, 0.1) is 10.6 Å². The van der Waals surface area contributed by atoms with Gasteiger partial charge in [-0.1, -0.05) is 41.9 Å². The molecule has 4 nitrogen and oxygen atoms in total. The first-order valence-electron chi connectivity index (χ1n) is 9.02. The number of para-hydroxylation sites is 1. The van der Waals surface area contributed by atoms with Crippen molar-refractivity contribution >= 4 is 29.1 Å². The summed E-state index contributed by atoms with van der Waals surface area (Å²) in [6.07, 6.45) is 1.36. The van der Waals surface area contributed by atoms with Gasteiger partial charge in [-0.25, -0.2) is 0 Å². The maximum Gasteiger partial charge on any atom is 0.255 e. The largest absolute Gasteiger partial charge is 0.339 e. The second-order valence-electron chi connectivity index (χ2n) is 6.46. The minimum absolute atomic E-state index is 0.0505. The molecule has 1 aliphatic rings. The first kappa shape index (κ1) is 18.5. The molecule has 26 heavy (non-hydrogen) atoms. The molecule has 0 saturated carbocycles. The summed E-state index contributed by atoms with van der Waals surface area (Å²) in [7, 11) is 0. The van der Waals surface area contributed by atoms with Gasteiger partial charge in [-0.2, -0.15) is 0 Å². The molecule has 5 heteroatoms. The Morgan fingerprint density at radius 2 is 1.65 bits per heavy atom. The lowest BCUT2D eigenvalue weighted by Crippen LogP contribution is -2.44. The van der Waals surface area contributed by atoms with Crippen molar-refractivity contribution in [1.82, 2.24) is 4.90 Å². The number of benzene rings is 2. The molecule has 0 aliphatic carbocycles. The van der Waals surface area contributed by atoms with Gasteiger partial charge in [0.1, 0.15) is 0 Å². The topological polar surface area (TPSA) is 40.6 Å². The number of rotatable bonds is 4. The number of carbonyl (C=O) groups is 2. The van der Waals surface area contributed by atoms with Gasteiger partial charge in [0.2, 0.25) is 5.91 Å². The van der Waals surface area contributed by atoms with E-state index in [0.29, 0.717) is 43.1 Å². The van der Waals surface area contributed by atoms with E-state index in [1.807, 2.05) is 54.3 Å². The van der Waals surface area contributed by atoms with E-state index in [0.717, 1.165) is 5.69 Å². The molecular weight excluding hydrogens is 348 g/mol. The Morgan fingerprint density at radius 1 is 1.04 bits per heavy atom. The maximum absolute atomic E-state index is 12.9. The van der Waals surface area contributed by atoms with Crippen LogP contribution < -0.4 is 4.90 Å². The van der Waals surface area contributed by atoms with E-state index >= 15 is 0 Å². The second-order valence-corrected chi connectivity index (χ2v) is 6.87. The Balaban J connectivity index is 1.64. The van der Waals surface area contributed by atoms with Gasteiger partial charge in [-0.15, -0.1) is 0 Å². The van der Waals surface area contributed by atoms with Gasteiger partial charge in [0.25, 0.3) is 5.91 Å². The highest BCUT2D eigenvalue weighted by Crippen LogP contribution is 2.25. The molecule has 0 atom stereocenters. The zero-order valence-electron chi connectivity index (χ0n) is 14.9. The molecular formula is C21H23ClN2O2. The van der Waals surface area contributed by atoms with Crippen LogP contribution in [-0.2, 0) is 4.79 Å². The van der Waals surface area contributed by atoms with Crippen LogP contribution in [0.4, 0.5) is 5.69 Å². The van der Waals surface area contributed by atoms with Crippen LogP contribution in [0.25, 0.3) is 0 Å². The Hall–Kier alpha value is -2.33. The molecule has 2 aromatic rings. The molecule has 1 aliphatic heterocycles. The van der Waals surface area contributed by atoms with Gasteiger partial charge < -0.3 is 9.80 Å². The highest BCUT2D eigenvalue weighted by molar-refractivity contribution is 6.33. The second kappa shape index (κ2) is 8.37. The number of nitrogens with zero attached hydrogens (tertiary/aromatic N) is 2. The van der Waals surface area contributed by atoms with Crippen molar-refractivity contribution in [3.8, 4) is 0 Å². The Kier molecular flexibility index (Phi) is 5.94. The SMILES string of the molecule is CCN(C(=O)C1CCN(C(=O)c2ccccc2Cl)CC1)c1ccccc1. The van der Waals surface area contributed by atoms with Crippen LogP contribution in [0.2, 0.25) is 5.02 Å². The van der Waals surface area contributed by atoms with E-state index in [4.69, 9.17) is 11.6 Å². The number of carbonyl (C=O) groups excluding carboxylic acids is 2. The Bertz CT molecular complexity index is 771. The van der Waals surface area contributed by atoms with Crippen molar-refractivity contribution < 1.29 is 9.59 Å². The lowest BCUT2D eigenvalue weighted by molar-refractivity contribution is -0.123. The lowest BCUT2D eigenvalue weighted by Gasteiger charge is -2.34. The molecule has 0 radical (unpaired) electrons. The van der Waals surface area contributed by atoms with Crippen molar-refractivity contribution in [3.05, 3.63) is 65.2 Å². The highest BCUT2D eigenvalue weighted by Gasteiger charge is 2.31. The minimum Gasteiger partial charge on any atom is -0.339 e. The van der Waals surface area contributed by atoms with Gasteiger partial charge >= 0.3 is 0 Å². The van der Waals surface area contributed by atoms with Crippen molar-refractivity contribution in [2.45, 2.75) is 19.8 Å². The van der Waals surface area contributed by atoms with Gasteiger partial charge in [0.15, 0.2) is 0 Å². The normalized spacial score (nSPS) is 14.9. The fraction of sp³-hybridized carbons (Fsp3) is 0.333. The average Bonchev–Trinajstić information content (AvgIpc) is 2.69. The molecule has 0 bridgehead atoms. The van der Waals surface area contributed by atoms with Crippen molar-refractivity contribution in [1.29, 1.82) is 0 Å². The van der Waals surface area contributed by atoms with E-state index in [1.54, 1.807) is 17.0 Å². The summed E-state index contributed by atoms with van der Waals surface area (Å²) in [6.45, 7) is 3.78. The molecule has 2 amide bonds. The van der Waals surface area contributed by atoms with Crippen molar-refractivity contribution in [2.24, 2.45) is 5.92 Å². The smallest absolute Gasteiger partial charge is 0.255 e. The Morgan fingerprint density at radius 3 is 2.27 bits per heavy atom. The first-order chi connectivity index (χ1) is 12.6. The minimum atomic E-state index is -0.0584. The molecule has 0 N–H and O–H groups in total. The number of anilines is 1. The highest BCUT2D eigenvalue weighted by atomic mass is 35.5. The van der Waals surface area contributed by atoms with Crippen LogP contribution in [0.1, 0.15) is 30.1 Å². The number of piperidine rings is 1. The average molecular weight is 371 g/mol. The predicted molar refractivity (Wildman–Crippen MR) is 105 cm³/mol. The summed E-state index contributed by atoms with van der Waals surface area (Å²) >= 11 is 6.14. The van der Waals surface area contributed by atoms with E-state index in [2.05, 4.69) is 0 Å². The maximum atomic E-state index is 12.9. The standard InChI is InChI=1S/C21H23ClN2O2/c1-2-24(17-8-4-3-5-9-17)20(25)16-12-14-23(15-13-16)21(26)18-10-6-7-11-19(18)22/h3-11,16H,2,12-15H2,1H3. The fourth-order valence-corrected chi connectivity index (χ4v) is 3.65. The van der Waals surface area contributed by atoms with Gasteiger partial charge in [-0.05, 0) is 44.0 Å². The first-order valence-corrected chi connectivity index (χ1v) is 9.40. The third-order valence-electron chi connectivity index (χ3n) is 4.89. The fourth-order valence-electron chi connectivity index (χ4n) is 3.43. The van der Waals surface area contributed by atoms with Crippen LogP contribution in [-0.4, -0.2) is 36.3 Å². The quantitative estimate of drug-likeness (QED) is 0.807. The summed E-state index contributed by atoms with van der Waals surface area (Å²) in [5, 5.41) is 0.469. The lowest BCUT2D eigenvalue weighted by atomic mass is 9.94. The Labute approximate surface area is 159 Å². The summed E-state index contributed by atoms with van der Waals surface area (Å²) in [6, 6.07) is 16.8. The zero-order chi connectivity index (χ0) is 18.5. The third kappa shape index (κ3) is 3.91. The van der Waals surface area contributed by atoms with E-state index < -0.39 is 0 Å². The van der Waals surface area contributed by atoms with Crippen LogP contribution in [0.3, 0.4) is 0 Å². The van der Waals surface area contributed by atoms with E-state index in [9.17, 15) is 9.59 Å². The van der Waals surface area contributed by atoms with Crippen LogP contribution in [0.5, 0.6) is 0 Å². The number of amides is 2. The molecule has 1 saturated heterocycles. The van der Waals surface area contributed by atoms with Crippen molar-refractivity contribution in [2.75, 3.05) is 24.5 Å². The number of hydrogen-bond acceptors (Lipinski definition) is 2. The molecule has 0 unspecified atom stereocenters. The molecule has 0 spiro atoms. The van der Waals surface area contributed by atoms with Gasteiger partial charge in [0, 0.05) is 31.2 Å². The van der Waals surface area contributed by atoms with E-state index in [-0.39, 0.29) is 17.7 Å². The van der Waals surface area contributed by atoms with Crippen LogP contribution in [0, 0.1) is 5.92 Å². The monoisotopic (exact) mass is 370 g/mol. The predicted octanol–water partition coefficient (Wildman–Crippen LogP) is 4.25. The number of likely N-dealkylation sites (tertiary alicyclic amines) is 1. The number of hydrogen-bond donors (Lipinski definition) is 0. The summed E-state index contributed by atoms with van der Waals surface area (Å²) in [5.41, 5.74) is 1.45. The molecule has 0 aromatic heterocycles. The van der Waals surface area contributed by atoms with Crippen LogP contribution >= 0.6 is 11.6 Å². The third-order valence-corrected chi connectivity index (χ3v) is 5.22.